The summed E-state index contributed by atoms with van der Waals surface area (Å²) < 4.78 is 7.60. The Morgan fingerprint density at radius 1 is 1.23 bits per heavy atom. The Balaban J connectivity index is 1.49. The van der Waals surface area contributed by atoms with Crippen LogP contribution in [0.25, 0.3) is 11.2 Å². The molecule has 1 saturated heterocycles. The second-order valence-electron chi connectivity index (χ2n) is 8.41. The molecule has 0 bridgehead atoms. The van der Waals surface area contributed by atoms with Gasteiger partial charge in [0.1, 0.15) is 0 Å². The average molecular weight is 409 g/mol. The van der Waals surface area contributed by atoms with Crippen molar-refractivity contribution in [2.45, 2.75) is 58.5 Å². The van der Waals surface area contributed by atoms with Gasteiger partial charge in [-0.05, 0) is 43.4 Å². The van der Waals surface area contributed by atoms with Gasteiger partial charge in [-0.15, -0.1) is 0 Å². The van der Waals surface area contributed by atoms with Crippen molar-refractivity contribution >= 4 is 22.9 Å². The third kappa shape index (κ3) is 3.40. The number of aliphatic hydroxyl groups excluding tert-OH is 1. The number of ether oxygens (including phenoxy) is 1. The van der Waals surface area contributed by atoms with E-state index in [0.717, 1.165) is 36.4 Å². The summed E-state index contributed by atoms with van der Waals surface area (Å²) in [6.45, 7) is 7.25. The van der Waals surface area contributed by atoms with Crippen molar-refractivity contribution in [1.82, 2.24) is 19.5 Å². The maximum atomic E-state index is 9.77. The first kappa shape index (κ1) is 19.3. The molecule has 8 heteroatoms. The van der Waals surface area contributed by atoms with Crippen molar-refractivity contribution in [1.29, 1.82) is 0 Å². The van der Waals surface area contributed by atoms with E-state index in [4.69, 9.17) is 14.7 Å². The van der Waals surface area contributed by atoms with E-state index < -0.39 is 0 Å². The van der Waals surface area contributed by atoms with E-state index in [-0.39, 0.29) is 18.7 Å². The number of fused-ring (bicyclic) bond motifs is 2. The van der Waals surface area contributed by atoms with Crippen LogP contribution >= 0.6 is 0 Å². The van der Waals surface area contributed by atoms with Gasteiger partial charge in [-0.2, -0.15) is 9.97 Å². The van der Waals surface area contributed by atoms with Crippen molar-refractivity contribution in [2.24, 2.45) is 0 Å². The van der Waals surface area contributed by atoms with Crippen LogP contribution in [0, 0.1) is 0 Å². The van der Waals surface area contributed by atoms with Crippen LogP contribution in [0.4, 0.5) is 11.8 Å². The third-order valence-corrected chi connectivity index (χ3v) is 6.06. The van der Waals surface area contributed by atoms with Gasteiger partial charge >= 0.3 is 0 Å². The van der Waals surface area contributed by atoms with Crippen LogP contribution in [0.15, 0.2) is 24.5 Å². The summed E-state index contributed by atoms with van der Waals surface area (Å²) >= 11 is 0. The van der Waals surface area contributed by atoms with Crippen LogP contribution in [0.1, 0.15) is 49.4 Å². The van der Waals surface area contributed by atoms with E-state index in [9.17, 15) is 5.11 Å². The van der Waals surface area contributed by atoms with Crippen LogP contribution in [-0.2, 0) is 24.5 Å². The molecule has 1 fully saturated rings. The summed E-state index contributed by atoms with van der Waals surface area (Å²) in [5.74, 6) is 1.39. The number of aromatic nitrogens is 4. The zero-order chi connectivity index (χ0) is 20.7. The number of hydrogen-bond donors (Lipinski definition) is 2. The van der Waals surface area contributed by atoms with Gasteiger partial charge in [-0.3, -0.25) is 0 Å². The molecule has 8 nitrogen and oxygen atoms in total. The number of imidazole rings is 1. The van der Waals surface area contributed by atoms with Gasteiger partial charge in [0.05, 0.1) is 32.2 Å². The Morgan fingerprint density at radius 3 is 2.93 bits per heavy atom. The molecule has 0 saturated carbocycles. The molecule has 0 amide bonds. The van der Waals surface area contributed by atoms with Crippen molar-refractivity contribution in [3.05, 3.63) is 41.2 Å². The molecule has 158 valence electrons. The third-order valence-electron chi connectivity index (χ3n) is 6.06. The van der Waals surface area contributed by atoms with Gasteiger partial charge in [0.2, 0.25) is 5.95 Å². The van der Waals surface area contributed by atoms with Gasteiger partial charge in [0.25, 0.3) is 0 Å². The van der Waals surface area contributed by atoms with Crippen molar-refractivity contribution < 1.29 is 9.84 Å². The predicted molar refractivity (Wildman–Crippen MR) is 115 cm³/mol. The lowest BCUT2D eigenvalue weighted by atomic mass is 10.1. The summed E-state index contributed by atoms with van der Waals surface area (Å²) in [4.78, 5) is 16.4. The molecule has 0 spiro atoms. The quantitative estimate of drug-likeness (QED) is 0.648. The van der Waals surface area contributed by atoms with Crippen LogP contribution in [-0.4, -0.2) is 43.8 Å². The maximum Gasteiger partial charge on any atom is 0.229 e. The van der Waals surface area contributed by atoms with E-state index in [1.54, 1.807) is 0 Å². The standard InChI is InChI=1S/C22H28N6O2/c1-14(2)28-13-24-19-20(23-9-15-5-6-16-11-30-12-17(16)8-15)25-22(26-21(19)28)27-7-3-4-18(27)10-29/h5-6,8,13-14,18,29H,3-4,7,9-12H2,1-2H3,(H,23,25,26)/t18-/m1/s1. The SMILES string of the molecule is CC(C)n1cnc2c(NCc3ccc4c(c3)COC4)nc(N3CCC[C@@H]3CO)nc21. The highest BCUT2D eigenvalue weighted by atomic mass is 16.5. The molecule has 30 heavy (non-hydrogen) atoms. The predicted octanol–water partition coefficient (Wildman–Crippen LogP) is 3.01. The number of rotatable bonds is 6. The minimum atomic E-state index is 0.0717. The Bertz CT molecular complexity index is 1060. The zero-order valence-electron chi connectivity index (χ0n) is 17.5. The lowest BCUT2D eigenvalue weighted by Gasteiger charge is -2.23. The molecule has 0 radical (unpaired) electrons. The van der Waals surface area contributed by atoms with Crippen LogP contribution < -0.4 is 10.2 Å². The van der Waals surface area contributed by atoms with E-state index in [0.29, 0.717) is 25.7 Å². The zero-order valence-corrected chi connectivity index (χ0v) is 17.5. The van der Waals surface area contributed by atoms with Crippen molar-refractivity contribution in [3.8, 4) is 0 Å². The molecule has 2 N–H and O–H groups in total. The summed E-state index contributed by atoms with van der Waals surface area (Å²) in [6, 6.07) is 6.79. The minimum Gasteiger partial charge on any atom is -0.394 e. The highest BCUT2D eigenvalue weighted by molar-refractivity contribution is 5.84. The number of hydrogen-bond acceptors (Lipinski definition) is 7. The Morgan fingerprint density at radius 2 is 2.10 bits per heavy atom. The first-order valence-corrected chi connectivity index (χ1v) is 10.7. The van der Waals surface area contributed by atoms with E-state index >= 15 is 0 Å². The maximum absolute atomic E-state index is 9.77. The highest BCUT2D eigenvalue weighted by Crippen LogP contribution is 2.29. The fourth-order valence-corrected chi connectivity index (χ4v) is 4.34. The molecule has 1 aromatic carbocycles. The molecule has 3 aromatic rings. The van der Waals surface area contributed by atoms with Gasteiger partial charge in [-0.1, -0.05) is 18.2 Å². The monoisotopic (exact) mass is 408 g/mol. The number of nitrogens with one attached hydrogen (secondary N) is 1. The molecular weight excluding hydrogens is 380 g/mol. The molecule has 0 unspecified atom stereocenters. The molecule has 1 atom stereocenters. The number of aliphatic hydroxyl groups is 1. The smallest absolute Gasteiger partial charge is 0.229 e. The normalized spacial score (nSPS) is 18.5. The second kappa shape index (κ2) is 7.85. The van der Waals surface area contributed by atoms with Gasteiger partial charge in [-0.25, -0.2) is 4.98 Å². The molecule has 0 aliphatic carbocycles. The first-order chi connectivity index (χ1) is 14.6. The van der Waals surface area contributed by atoms with Gasteiger partial charge in [0, 0.05) is 19.1 Å². The van der Waals surface area contributed by atoms with Crippen molar-refractivity contribution in [3.63, 3.8) is 0 Å². The van der Waals surface area contributed by atoms with E-state index in [1.165, 1.54) is 16.7 Å². The van der Waals surface area contributed by atoms with E-state index in [2.05, 4.69) is 51.8 Å². The number of anilines is 2. The fourth-order valence-electron chi connectivity index (χ4n) is 4.34. The number of benzene rings is 1. The molecule has 2 aromatic heterocycles. The summed E-state index contributed by atoms with van der Waals surface area (Å²) in [5.41, 5.74) is 5.31. The van der Waals surface area contributed by atoms with Crippen LogP contribution in [0.5, 0.6) is 0 Å². The van der Waals surface area contributed by atoms with E-state index in [1.807, 2.05) is 6.33 Å². The fraction of sp³-hybridized carbons (Fsp3) is 0.500. The summed E-state index contributed by atoms with van der Waals surface area (Å²) in [6.07, 6.45) is 3.83. The lowest BCUT2D eigenvalue weighted by molar-refractivity contribution is 0.134. The van der Waals surface area contributed by atoms with Crippen LogP contribution in [0.2, 0.25) is 0 Å². The second-order valence-corrected chi connectivity index (χ2v) is 8.41. The lowest BCUT2D eigenvalue weighted by Crippen LogP contribution is -2.33. The molecular formula is C22H28N6O2. The topological polar surface area (TPSA) is 88.3 Å². The molecule has 4 heterocycles. The van der Waals surface area contributed by atoms with Crippen molar-refractivity contribution in [2.75, 3.05) is 23.4 Å². The average Bonchev–Trinajstić information content (AvgIpc) is 3.49. The first-order valence-electron chi connectivity index (χ1n) is 10.7. The van der Waals surface area contributed by atoms with Crippen LogP contribution in [0.3, 0.4) is 0 Å². The molecule has 2 aliphatic rings. The minimum absolute atomic E-state index is 0.0717. The Kier molecular flexibility index (Phi) is 5.04. The Labute approximate surface area is 175 Å². The summed E-state index contributed by atoms with van der Waals surface area (Å²) in [5, 5.41) is 13.3. The van der Waals surface area contributed by atoms with Gasteiger partial charge in [0.15, 0.2) is 17.0 Å². The van der Waals surface area contributed by atoms with Gasteiger partial charge < -0.3 is 24.6 Å². The number of nitrogens with zero attached hydrogens (tertiary/aromatic N) is 5. The Hall–Kier alpha value is -2.71. The highest BCUT2D eigenvalue weighted by Gasteiger charge is 2.28. The largest absolute Gasteiger partial charge is 0.394 e. The molecule has 2 aliphatic heterocycles. The summed E-state index contributed by atoms with van der Waals surface area (Å²) in [7, 11) is 0. The molecule has 5 rings (SSSR count).